The predicted molar refractivity (Wildman–Crippen MR) is 142 cm³/mol. The van der Waals surface area contributed by atoms with E-state index < -0.39 is 5.54 Å². The molecule has 4 aromatic rings. The number of hydrogen-bond acceptors (Lipinski definition) is 2. The number of rotatable bonds is 6. The largest absolute Gasteiger partial charge is 0.398 e. The quantitative estimate of drug-likeness (QED) is 0.158. The summed E-state index contributed by atoms with van der Waals surface area (Å²) in [7, 11) is 0. The molecule has 1 aliphatic carbocycles. The van der Waals surface area contributed by atoms with Gasteiger partial charge in [0, 0.05) is 27.0 Å². The van der Waals surface area contributed by atoms with Gasteiger partial charge in [0.05, 0.1) is 0 Å². The van der Waals surface area contributed by atoms with Gasteiger partial charge < -0.3 is 5.73 Å². The van der Waals surface area contributed by atoms with Crippen molar-refractivity contribution in [1.82, 2.24) is 0 Å². The zero-order chi connectivity index (χ0) is 22.8. The Morgan fingerprint density at radius 1 is 0.818 bits per heavy atom. The van der Waals surface area contributed by atoms with E-state index in [0.29, 0.717) is 11.6 Å². The molecular formula is C29H24BrClN2. The van der Waals surface area contributed by atoms with Gasteiger partial charge in [-0.1, -0.05) is 103 Å². The van der Waals surface area contributed by atoms with Crippen LogP contribution in [0.1, 0.15) is 46.6 Å². The normalized spacial score (nSPS) is 14.0. The molecule has 33 heavy (non-hydrogen) atoms. The Kier molecular flexibility index (Phi) is 6.09. The number of halogens is 2. The monoisotopic (exact) mass is 514 g/mol. The molecule has 0 aromatic heterocycles. The summed E-state index contributed by atoms with van der Waals surface area (Å²) in [6.45, 7) is 0. The van der Waals surface area contributed by atoms with E-state index in [2.05, 4.69) is 88.7 Å². The van der Waals surface area contributed by atoms with Gasteiger partial charge in [-0.15, -0.1) is 0 Å². The van der Waals surface area contributed by atoms with Crippen LogP contribution < -0.4 is 5.73 Å². The molecule has 0 aliphatic heterocycles. The molecule has 0 saturated heterocycles. The second-order valence-electron chi connectivity index (χ2n) is 8.43. The van der Waals surface area contributed by atoms with Crippen LogP contribution in [0, 0.1) is 0 Å². The minimum absolute atomic E-state index is 0.488. The summed E-state index contributed by atoms with van der Waals surface area (Å²) < 4.78 is 0.946. The molecule has 0 atom stereocenters. The van der Waals surface area contributed by atoms with Crippen LogP contribution in [0.5, 0.6) is 0 Å². The fraction of sp³-hybridized carbons (Fsp3) is 0.138. The maximum absolute atomic E-state index is 6.57. The van der Waals surface area contributed by atoms with E-state index >= 15 is 0 Å². The minimum Gasteiger partial charge on any atom is -0.398 e. The first-order valence-corrected chi connectivity index (χ1v) is 12.3. The molecule has 2 N–H and O–H groups in total. The lowest BCUT2D eigenvalue weighted by Gasteiger charge is -2.32. The number of nitrogens with zero attached hydrogens (tertiary/aromatic N) is 1. The number of nitrogen functional groups attached to an aromatic ring is 1. The van der Waals surface area contributed by atoms with Crippen molar-refractivity contribution in [3.05, 3.63) is 134 Å². The van der Waals surface area contributed by atoms with Crippen LogP contribution in [-0.2, 0) is 5.54 Å². The van der Waals surface area contributed by atoms with Crippen LogP contribution in [0.15, 0.2) is 107 Å². The molecule has 1 saturated carbocycles. The molecule has 4 heteroatoms. The fourth-order valence-electron chi connectivity index (χ4n) is 4.47. The zero-order valence-electron chi connectivity index (χ0n) is 18.1. The molecule has 164 valence electrons. The predicted octanol–water partition coefficient (Wildman–Crippen LogP) is 7.97. The topological polar surface area (TPSA) is 38.4 Å². The van der Waals surface area contributed by atoms with Crippen LogP contribution in [0.2, 0.25) is 5.02 Å². The van der Waals surface area contributed by atoms with Gasteiger partial charge in [0.1, 0.15) is 5.54 Å². The van der Waals surface area contributed by atoms with Crippen LogP contribution in [0.3, 0.4) is 0 Å². The lowest BCUT2D eigenvalue weighted by molar-refractivity contribution is 0.660. The van der Waals surface area contributed by atoms with Crippen molar-refractivity contribution in [2.24, 2.45) is 4.99 Å². The Balaban J connectivity index is 1.76. The van der Waals surface area contributed by atoms with Crippen molar-refractivity contribution in [1.29, 1.82) is 0 Å². The highest BCUT2D eigenvalue weighted by Gasteiger charge is 2.36. The Bertz CT molecular complexity index is 1190. The molecule has 2 nitrogen and oxygen atoms in total. The molecule has 4 aromatic carbocycles. The third-order valence-electron chi connectivity index (χ3n) is 6.27. The Morgan fingerprint density at radius 2 is 1.27 bits per heavy atom. The van der Waals surface area contributed by atoms with Crippen molar-refractivity contribution in [3.63, 3.8) is 0 Å². The Labute approximate surface area is 208 Å². The first kappa shape index (κ1) is 21.9. The maximum Gasteiger partial charge on any atom is 0.136 e. The standard InChI is InChI=1S/C29H24BrClN2/c30-28-24(26(32)18-25(31)27(28)20-16-17-20)19-33-29(21-10-4-1-5-11-21,22-12-6-2-7-13-22)23-14-8-3-9-15-23/h1-15,18-20H,16-17,32H2. The lowest BCUT2D eigenvalue weighted by atomic mass is 9.77. The van der Waals surface area contributed by atoms with Gasteiger partial charge in [-0.05, 0) is 63.0 Å². The molecule has 1 fully saturated rings. The third-order valence-corrected chi connectivity index (χ3v) is 7.44. The molecule has 0 radical (unpaired) electrons. The highest BCUT2D eigenvalue weighted by molar-refractivity contribution is 9.10. The van der Waals surface area contributed by atoms with Crippen molar-refractivity contribution in [2.75, 3.05) is 5.73 Å². The zero-order valence-corrected chi connectivity index (χ0v) is 20.4. The van der Waals surface area contributed by atoms with Gasteiger partial charge in [-0.25, -0.2) is 0 Å². The molecule has 0 heterocycles. The van der Waals surface area contributed by atoms with E-state index in [4.69, 9.17) is 22.3 Å². The average Bonchev–Trinajstić information content (AvgIpc) is 3.68. The molecule has 0 amide bonds. The van der Waals surface area contributed by atoms with Gasteiger partial charge in [-0.3, -0.25) is 4.99 Å². The minimum atomic E-state index is -0.727. The summed E-state index contributed by atoms with van der Waals surface area (Å²) in [5, 5.41) is 0.722. The van der Waals surface area contributed by atoms with Crippen molar-refractivity contribution in [3.8, 4) is 0 Å². The summed E-state index contributed by atoms with van der Waals surface area (Å²) in [5.74, 6) is 0.488. The molecular weight excluding hydrogens is 492 g/mol. The second kappa shape index (κ2) is 9.17. The highest BCUT2D eigenvalue weighted by Crippen LogP contribution is 2.48. The van der Waals surface area contributed by atoms with E-state index in [0.717, 1.165) is 50.2 Å². The van der Waals surface area contributed by atoms with Gasteiger partial charge >= 0.3 is 0 Å². The first-order valence-electron chi connectivity index (χ1n) is 11.1. The third kappa shape index (κ3) is 4.12. The molecule has 0 unspecified atom stereocenters. The summed E-state index contributed by atoms with van der Waals surface area (Å²) in [4.78, 5) is 5.33. The van der Waals surface area contributed by atoms with Gasteiger partial charge in [0.2, 0.25) is 0 Å². The molecule has 0 spiro atoms. The molecule has 5 rings (SSSR count). The first-order chi connectivity index (χ1) is 16.1. The number of nitrogens with two attached hydrogens (primary N) is 1. The average molecular weight is 516 g/mol. The molecule has 0 bridgehead atoms. The second-order valence-corrected chi connectivity index (χ2v) is 9.63. The van der Waals surface area contributed by atoms with Crippen molar-refractivity contribution >= 4 is 39.4 Å². The Morgan fingerprint density at radius 3 is 1.70 bits per heavy atom. The number of aliphatic imine (C=N–C) groups is 1. The molecule has 1 aliphatic rings. The summed E-state index contributed by atoms with van der Waals surface area (Å²) in [6.07, 6.45) is 4.22. The number of hydrogen-bond donors (Lipinski definition) is 1. The van der Waals surface area contributed by atoms with Crippen LogP contribution in [0.4, 0.5) is 5.69 Å². The fourth-order valence-corrected chi connectivity index (χ4v) is 5.82. The van der Waals surface area contributed by atoms with E-state index in [1.54, 1.807) is 0 Å². The smallest absolute Gasteiger partial charge is 0.136 e. The summed E-state index contributed by atoms with van der Waals surface area (Å²) >= 11 is 10.4. The highest BCUT2D eigenvalue weighted by atomic mass is 79.9. The van der Waals surface area contributed by atoms with Crippen LogP contribution in [0.25, 0.3) is 0 Å². The Hall–Kier alpha value is -2.88. The van der Waals surface area contributed by atoms with E-state index in [1.807, 2.05) is 30.5 Å². The lowest BCUT2D eigenvalue weighted by Crippen LogP contribution is -2.27. The van der Waals surface area contributed by atoms with Crippen molar-refractivity contribution in [2.45, 2.75) is 24.3 Å². The number of anilines is 1. The van der Waals surface area contributed by atoms with Gasteiger partial charge in [0.15, 0.2) is 0 Å². The number of benzene rings is 4. The van der Waals surface area contributed by atoms with E-state index in [1.165, 1.54) is 0 Å². The maximum atomic E-state index is 6.57. The van der Waals surface area contributed by atoms with Crippen LogP contribution >= 0.6 is 27.5 Å². The SMILES string of the molecule is Nc1cc(Cl)c(C2CC2)c(Br)c1C=NC(c1ccccc1)(c1ccccc1)c1ccccc1. The van der Waals surface area contributed by atoms with Crippen LogP contribution in [-0.4, -0.2) is 6.21 Å². The van der Waals surface area contributed by atoms with Crippen molar-refractivity contribution < 1.29 is 0 Å². The van der Waals surface area contributed by atoms with Gasteiger partial charge in [0.25, 0.3) is 0 Å². The summed E-state index contributed by atoms with van der Waals surface area (Å²) in [5.41, 5.74) is 11.6. The van der Waals surface area contributed by atoms with E-state index in [9.17, 15) is 0 Å². The summed E-state index contributed by atoms with van der Waals surface area (Å²) in [6, 6.07) is 33.1. The van der Waals surface area contributed by atoms with Gasteiger partial charge in [-0.2, -0.15) is 0 Å². The van der Waals surface area contributed by atoms with E-state index in [-0.39, 0.29) is 0 Å².